The lowest BCUT2D eigenvalue weighted by Gasteiger charge is -2.30. The van der Waals surface area contributed by atoms with Gasteiger partial charge in [-0.1, -0.05) is 6.92 Å². The van der Waals surface area contributed by atoms with E-state index >= 15 is 0 Å². The van der Waals surface area contributed by atoms with Crippen molar-refractivity contribution in [2.24, 2.45) is 13.0 Å². The molecular weight excluding hydrogens is 303 g/mol. The number of halogens is 3. The van der Waals surface area contributed by atoms with E-state index in [-0.39, 0.29) is 18.8 Å². The van der Waals surface area contributed by atoms with Crippen LogP contribution in [0.15, 0.2) is 6.07 Å². The van der Waals surface area contributed by atoms with Crippen molar-refractivity contribution in [3.8, 4) is 0 Å². The first kappa shape index (κ1) is 16.8. The fourth-order valence-electron chi connectivity index (χ4n) is 2.44. The summed E-state index contributed by atoms with van der Waals surface area (Å²) in [5.41, 5.74) is -1.99. The molecule has 0 bridgehead atoms. The first-order valence-electron chi connectivity index (χ1n) is 6.77. The summed E-state index contributed by atoms with van der Waals surface area (Å²) in [7, 11) is 1.55. The summed E-state index contributed by atoms with van der Waals surface area (Å²) in [6.07, 6.45) is -5.75. The fourth-order valence-corrected chi connectivity index (χ4v) is 2.44. The van der Waals surface area contributed by atoms with E-state index < -0.39 is 29.7 Å². The van der Waals surface area contributed by atoms with Crippen LogP contribution in [-0.4, -0.2) is 38.7 Å². The number of aliphatic hydroxyl groups is 1. The van der Waals surface area contributed by atoms with Crippen molar-refractivity contribution in [1.82, 2.24) is 9.78 Å². The maximum absolute atomic E-state index is 13.1. The molecule has 1 aliphatic heterocycles. The normalized spacial score (nSPS) is 28.9. The fraction of sp³-hybridized carbons (Fsp3) is 0.692. The highest BCUT2D eigenvalue weighted by Crippen LogP contribution is 2.46. The summed E-state index contributed by atoms with van der Waals surface area (Å²) in [5.74, 6) is -1.21. The topological polar surface area (TPSA) is 76.4 Å². The minimum Gasteiger partial charge on any atom is -0.390 e. The van der Waals surface area contributed by atoms with Gasteiger partial charge in [0.25, 0.3) is 5.91 Å². The van der Waals surface area contributed by atoms with Gasteiger partial charge in [0.2, 0.25) is 0 Å². The summed E-state index contributed by atoms with van der Waals surface area (Å²) >= 11 is 0. The molecule has 0 spiro atoms. The number of amides is 1. The summed E-state index contributed by atoms with van der Waals surface area (Å²) in [6, 6.07) is 1.44. The van der Waals surface area contributed by atoms with E-state index in [9.17, 15) is 18.0 Å². The molecule has 6 nitrogen and oxygen atoms in total. The average Bonchev–Trinajstić information content (AvgIpc) is 2.91. The van der Waals surface area contributed by atoms with Gasteiger partial charge in [0.1, 0.15) is 11.9 Å². The Balaban J connectivity index is 2.10. The molecule has 0 saturated carbocycles. The number of aliphatic hydroxyl groups excluding tert-OH is 1. The van der Waals surface area contributed by atoms with Gasteiger partial charge >= 0.3 is 6.18 Å². The number of nitrogens with one attached hydrogen (secondary N) is 1. The number of nitrogens with zero attached hydrogens (tertiary/aromatic N) is 2. The van der Waals surface area contributed by atoms with Crippen LogP contribution in [0.1, 0.15) is 26.0 Å². The Bertz CT molecular complexity index is 573. The number of rotatable bonds is 3. The van der Waals surface area contributed by atoms with Crippen LogP contribution in [0, 0.1) is 5.92 Å². The van der Waals surface area contributed by atoms with Gasteiger partial charge in [0, 0.05) is 13.1 Å². The van der Waals surface area contributed by atoms with E-state index in [1.54, 1.807) is 7.05 Å². The first-order valence-corrected chi connectivity index (χ1v) is 6.77. The lowest BCUT2D eigenvalue weighted by molar-refractivity contribution is -0.272. The number of aromatic nitrogens is 2. The van der Waals surface area contributed by atoms with Crippen LogP contribution in [-0.2, 0) is 23.2 Å². The zero-order valence-corrected chi connectivity index (χ0v) is 12.4. The number of carbonyl (C=O) groups is 1. The molecule has 3 unspecified atom stereocenters. The van der Waals surface area contributed by atoms with Crippen molar-refractivity contribution < 1.29 is 27.8 Å². The van der Waals surface area contributed by atoms with Crippen LogP contribution in [0.5, 0.6) is 0 Å². The quantitative estimate of drug-likeness (QED) is 0.886. The van der Waals surface area contributed by atoms with E-state index in [2.05, 4.69) is 10.4 Å². The Labute approximate surface area is 125 Å². The molecule has 0 radical (unpaired) electrons. The van der Waals surface area contributed by atoms with Crippen LogP contribution in [0.25, 0.3) is 0 Å². The Morgan fingerprint density at radius 2 is 2.27 bits per heavy atom. The van der Waals surface area contributed by atoms with Crippen molar-refractivity contribution in [2.75, 3.05) is 5.32 Å². The summed E-state index contributed by atoms with van der Waals surface area (Å²) < 4.78 is 45.6. The second-order valence-electron chi connectivity index (χ2n) is 5.64. The van der Waals surface area contributed by atoms with Crippen LogP contribution in [0.2, 0.25) is 0 Å². The van der Waals surface area contributed by atoms with Crippen LogP contribution >= 0.6 is 0 Å². The molecule has 1 aromatic rings. The highest BCUT2D eigenvalue weighted by molar-refractivity contribution is 5.93. The molecule has 2 heterocycles. The van der Waals surface area contributed by atoms with Crippen LogP contribution in [0.3, 0.4) is 0 Å². The maximum Gasteiger partial charge on any atom is 0.417 e. The third kappa shape index (κ3) is 2.82. The van der Waals surface area contributed by atoms with Gasteiger partial charge in [0.15, 0.2) is 5.60 Å². The van der Waals surface area contributed by atoms with Crippen molar-refractivity contribution in [3.63, 3.8) is 0 Å². The molecule has 0 aliphatic carbocycles. The Morgan fingerprint density at radius 3 is 2.73 bits per heavy atom. The minimum absolute atomic E-state index is 0.0213. The summed E-state index contributed by atoms with van der Waals surface area (Å²) in [6.45, 7) is 2.07. The van der Waals surface area contributed by atoms with Gasteiger partial charge in [-0.2, -0.15) is 18.3 Å². The molecular formula is C13H18F3N3O3. The van der Waals surface area contributed by atoms with Crippen molar-refractivity contribution in [3.05, 3.63) is 11.8 Å². The number of anilines is 1. The van der Waals surface area contributed by atoms with Gasteiger partial charge in [-0.3, -0.25) is 9.48 Å². The lowest BCUT2D eigenvalue weighted by Crippen LogP contribution is -2.47. The number of alkyl halides is 3. The van der Waals surface area contributed by atoms with Gasteiger partial charge in [-0.15, -0.1) is 0 Å². The molecule has 124 valence electrons. The van der Waals surface area contributed by atoms with E-state index in [1.165, 1.54) is 17.7 Å². The Kier molecular flexibility index (Phi) is 4.22. The molecule has 1 aromatic heterocycles. The molecule has 22 heavy (non-hydrogen) atoms. The van der Waals surface area contributed by atoms with Crippen LogP contribution in [0.4, 0.5) is 19.0 Å². The highest BCUT2D eigenvalue weighted by atomic mass is 19.4. The van der Waals surface area contributed by atoms with Crippen LogP contribution < -0.4 is 5.32 Å². The second-order valence-corrected chi connectivity index (χ2v) is 5.64. The predicted molar refractivity (Wildman–Crippen MR) is 70.9 cm³/mol. The number of hydrogen-bond acceptors (Lipinski definition) is 4. The molecule has 1 fully saturated rings. The molecule has 1 saturated heterocycles. The van der Waals surface area contributed by atoms with Gasteiger partial charge in [0.05, 0.1) is 12.3 Å². The van der Waals surface area contributed by atoms with Gasteiger partial charge < -0.3 is 15.2 Å². The lowest BCUT2D eigenvalue weighted by atomic mass is 9.89. The predicted octanol–water partition coefficient (Wildman–Crippen LogP) is 1.60. The molecule has 3 atom stereocenters. The minimum atomic E-state index is -4.54. The van der Waals surface area contributed by atoms with E-state index in [0.717, 1.165) is 6.92 Å². The van der Waals surface area contributed by atoms with Gasteiger partial charge in [-0.25, -0.2) is 0 Å². The molecule has 1 amide bonds. The van der Waals surface area contributed by atoms with E-state index in [0.29, 0.717) is 5.69 Å². The Morgan fingerprint density at radius 1 is 1.64 bits per heavy atom. The Hall–Kier alpha value is -1.61. The molecule has 9 heteroatoms. The second kappa shape index (κ2) is 5.54. The number of hydrogen-bond donors (Lipinski definition) is 2. The third-order valence-electron chi connectivity index (χ3n) is 4.09. The van der Waals surface area contributed by atoms with E-state index in [1.807, 2.05) is 0 Å². The zero-order valence-electron chi connectivity index (χ0n) is 12.4. The number of aryl methyl sites for hydroxylation is 1. The average molecular weight is 321 g/mol. The SMILES string of the molecule is CC1CC(C(=O)Nc2cc(CO)nn2C)OC1(C)C(F)(F)F. The highest BCUT2D eigenvalue weighted by Gasteiger charge is 2.61. The standard InChI is InChI=1S/C13H18F3N3O3/c1-7-4-9(22-12(7,2)13(14,15)16)11(21)17-10-5-8(6-20)18-19(10)3/h5,7,9,20H,4,6H2,1-3H3,(H,17,21). The molecule has 1 aliphatic rings. The van der Waals surface area contributed by atoms with Crippen molar-refractivity contribution >= 4 is 11.7 Å². The molecule has 0 aromatic carbocycles. The largest absolute Gasteiger partial charge is 0.417 e. The molecule has 2 N–H and O–H groups in total. The van der Waals surface area contributed by atoms with Crippen molar-refractivity contribution in [2.45, 2.75) is 44.8 Å². The van der Waals surface area contributed by atoms with Crippen molar-refractivity contribution in [1.29, 1.82) is 0 Å². The monoisotopic (exact) mass is 321 g/mol. The smallest absolute Gasteiger partial charge is 0.390 e. The van der Waals surface area contributed by atoms with E-state index in [4.69, 9.17) is 9.84 Å². The third-order valence-corrected chi connectivity index (χ3v) is 4.09. The zero-order chi connectivity index (χ0) is 16.7. The molecule has 2 rings (SSSR count). The maximum atomic E-state index is 13.1. The summed E-state index contributed by atoms with van der Waals surface area (Å²) in [4.78, 5) is 12.1. The first-order chi connectivity index (χ1) is 10.1. The van der Waals surface area contributed by atoms with Gasteiger partial charge in [-0.05, 0) is 19.3 Å². The number of carbonyl (C=O) groups excluding carboxylic acids is 1. The number of ether oxygens (including phenoxy) is 1. The summed E-state index contributed by atoms with van der Waals surface area (Å²) in [5, 5.41) is 15.4.